The largest absolute Gasteiger partial charge is 0.356 e. The molecule has 0 atom stereocenters. The van der Waals surface area contributed by atoms with Crippen LogP contribution < -0.4 is 10.6 Å². The Hall–Kier alpha value is -1.26. The Morgan fingerprint density at radius 2 is 1.67 bits per heavy atom. The molecule has 0 aromatic rings. The van der Waals surface area contributed by atoms with Crippen molar-refractivity contribution in [3.8, 4) is 0 Å². The second-order valence-electron chi connectivity index (χ2n) is 7.28. The molecule has 0 bridgehead atoms. The van der Waals surface area contributed by atoms with Crippen LogP contribution in [0.5, 0.6) is 0 Å². The molecule has 5 heteroatoms. The van der Waals surface area contributed by atoms with Gasteiger partial charge in [-0.3, -0.25) is 9.79 Å². The molecule has 0 aromatic heterocycles. The van der Waals surface area contributed by atoms with Crippen molar-refractivity contribution in [2.45, 2.75) is 45.4 Å². The first-order valence-corrected chi connectivity index (χ1v) is 8.07. The van der Waals surface area contributed by atoms with Crippen LogP contribution in [0.4, 0.5) is 0 Å². The van der Waals surface area contributed by atoms with Crippen molar-refractivity contribution >= 4 is 11.9 Å². The van der Waals surface area contributed by atoms with Gasteiger partial charge in [0.15, 0.2) is 5.96 Å². The van der Waals surface area contributed by atoms with Crippen LogP contribution in [-0.4, -0.2) is 51.0 Å². The molecular weight excluding hydrogens is 264 g/mol. The van der Waals surface area contributed by atoms with Gasteiger partial charge in [-0.1, -0.05) is 19.8 Å². The van der Waals surface area contributed by atoms with Gasteiger partial charge in [-0.05, 0) is 31.1 Å². The highest BCUT2D eigenvalue weighted by Crippen LogP contribution is 2.44. The van der Waals surface area contributed by atoms with Gasteiger partial charge in [-0.2, -0.15) is 0 Å². The smallest absolute Gasteiger partial charge is 0.230 e. The highest BCUT2D eigenvalue weighted by Gasteiger charge is 2.42. The van der Waals surface area contributed by atoms with E-state index in [0.29, 0.717) is 12.0 Å². The third-order valence-electron chi connectivity index (χ3n) is 5.02. The van der Waals surface area contributed by atoms with Crippen LogP contribution in [0.2, 0.25) is 0 Å². The molecule has 5 nitrogen and oxygen atoms in total. The number of carbonyl (C=O) groups is 1. The standard InChI is InChI=1S/C16H30N4O/c1-15(9-10-15)11-18-14(17-2)19-12-16(7-5-6-8-16)13(21)20(3)4/h5-12H2,1-4H3,(H2,17,18,19). The van der Waals surface area contributed by atoms with Crippen LogP contribution in [0.1, 0.15) is 45.4 Å². The minimum atomic E-state index is -0.245. The van der Waals surface area contributed by atoms with Crippen molar-refractivity contribution in [2.24, 2.45) is 15.8 Å². The van der Waals surface area contributed by atoms with Gasteiger partial charge in [0.1, 0.15) is 0 Å². The highest BCUT2D eigenvalue weighted by molar-refractivity contribution is 5.85. The van der Waals surface area contributed by atoms with E-state index in [2.05, 4.69) is 22.5 Å². The number of hydrogen-bond acceptors (Lipinski definition) is 2. The van der Waals surface area contributed by atoms with Crippen LogP contribution in [0, 0.1) is 10.8 Å². The molecule has 120 valence electrons. The lowest BCUT2D eigenvalue weighted by molar-refractivity contribution is -0.138. The number of amides is 1. The topological polar surface area (TPSA) is 56.7 Å². The minimum Gasteiger partial charge on any atom is -0.356 e. The van der Waals surface area contributed by atoms with E-state index in [1.54, 1.807) is 11.9 Å². The van der Waals surface area contributed by atoms with Crippen molar-refractivity contribution < 1.29 is 4.79 Å². The molecule has 2 saturated carbocycles. The summed E-state index contributed by atoms with van der Waals surface area (Å²) >= 11 is 0. The molecule has 0 aliphatic heterocycles. The van der Waals surface area contributed by atoms with Crippen molar-refractivity contribution in [1.29, 1.82) is 0 Å². The Morgan fingerprint density at radius 1 is 1.10 bits per heavy atom. The Kier molecular flexibility index (Phi) is 4.79. The Morgan fingerprint density at radius 3 is 2.14 bits per heavy atom. The zero-order chi connectivity index (χ0) is 15.5. The van der Waals surface area contributed by atoms with Gasteiger partial charge in [-0.15, -0.1) is 0 Å². The number of carbonyl (C=O) groups excluding carboxylic acids is 1. The van der Waals surface area contributed by atoms with Crippen LogP contribution in [0.15, 0.2) is 4.99 Å². The Labute approximate surface area is 128 Å². The molecule has 0 radical (unpaired) electrons. The first-order chi connectivity index (χ1) is 9.91. The molecule has 0 spiro atoms. The zero-order valence-electron chi connectivity index (χ0n) is 14.0. The SMILES string of the molecule is CN=C(NCC1(C)CC1)NCC1(C(=O)N(C)C)CCCC1. The Balaban J connectivity index is 1.89. The zero-order valence-corrected chi connectivity index (χ0v) is 14.0. The molecule has 0 saturated heterocycles. The second-order valence-corrected chi connectivity index (χ2v) is 7.28. The van der Waals surface area contributed by atoms with Gasteiger partial charge in [-0.25, -0.2) is 0 Å². The van der Waals surface area contributed by atoms with Crippen LogP contribution in [-0.2, 0) is 4.79 Å². The monoisotopic (exact) mass is 294 g/mol. The van der Waals surface area contributed by atoms with E-state index in [1.165, 1.54) is 12.8 Å². The number of nitrogens with one attached hydrogen (secondary N) is 2. The van der Waals surface area contributed by atoms with Crippen molar-refractivity contribution in [1.82, 2.24) is 15.5 Å². The average Bonchev–Trinajstić information content (AvgIpc) is 3.01. The lowest BCUT2D eigenvalue weighted by atomic mass is 9.84. The van der Waals surface area contributed by atoms with E-state index < -0.39 is 0 Å². The lowest BCUT2D eigenvalue weighted by Gasteiger charge is -2.31. The minimum absolute atomic E-state index is 0.245. The summed E-state index contributed by atoms with van der Waals surface area (Å²) in [6.45, 7) is 3.93. The van der Waals surface area contributed by atoms with E-state index in [1.807, 2.05) is 14.1 Å². The maximum atomic E-state index is 12.5. The van der Waals surface area contributed by atoms with Gasteiger partial charge < -0.3 is 15.5 Å². The third-order valence-corrected chi connectivity index (χ3v) is 5.02. The van der Waals surface area contributed by atoms with Crippen molar-refractivity contribution in [3.05, 3.63) is 0 Å². The molecule has 2 rings (SSSR count). The molecule has 1 amide bonds. The molecule has 0 heterocycles. The summed E-state index contributed by atoms with van der Waals surface area (Å²) in [7, 11) is 5.49. The normalized spacial score (nSPS) is 22.8. The second kappa shape index (κ2) is 6.24. The maximum absolute atomic E-state index is 12.5. The van der Waals surface area contributed by atoms with E-state index in [9.17, 15) is 4.79 Å². The van der Waals surface area contributed by atoms with Crippen molar-refractivity contribution in [2.75, 3.05) is 34.2 Å². The van der Waals surface area contributed by atoms with E-state index in [4.69, 9.17) is 0 Å². The molecule has 2 aliphatic rings. The fraction of sp³-hybridized carbons (Fsp3) is 0.875. The van der Waals surface area contributed by atoms with Gasteiger partial charge in [0.05, 0.1) is 5.41 Å². The summed E-state index contributed by atoms with van der Waals surface area (Å²) in [6.07, 6.45) is 6.83. The molecule has 0 aromatic carbocycles. The fourth-order valence-electron chi connectivity index (χ4n) is 3.15. The van der Waals surface area contributed by atoms with Gasteiger partial charge in [0.25, 0.3) is 0 Å². The summed E-state index contributed by atoms with van der Waals surface area (Å²) in [5, 5.41) is 6.77. The van der Waals surface area contributed by atoms with E-state index in [0.717, 1.165) is 38.2 Å². The molecule has 2 N–H and O–H groups in total. The van der Waals surface area contributed by atoms with Crippen LogP contribution in [0.25, 0.3) is 0 Å². The average molecular weight is 294 g/mol. The predicted octanol–water partition coefficient (Wildman–Crippen LogP) is 1.60. The summed E-state index contributed by atoms with van der Waals surface area (Å²) < 4.78 is 0. The summed E-state index contributed by atoms with van der Waals surface area (Å²) in [6, 6.07) is 0. The fourth-order valence-corrected chi connectivity index (χ4v) is 3.15. The maximum Gasteiger partial charge on any atom is 0.230 e. The number of rotatable bonds is 5. The molecular formula is C16H30N4O. The summed E-state index contributed by atoms with van der Waals surface area (Å²) in [4.78, 5) is 18.5. The number of guanidine groups is 1. The molecule has 21 heavy (non-hydrogen) atoms. The summed E-state index contributed by atoms with van der Waals surface area (Å²) in [5.41, 5.74) is 0.201. The Bertz CT molecular complexity index is 407. The quantitative estimate of drug-likeness (QED) is 0.598. The summed E-state index contributed by atoms with van der Waals surface area (Å²) in [5.74, 6) is 1.07. The number of hydrogen-bond donors (Lipinski definition) is 2. The van der Waals surface area contributed by atoms with E-state index >= 15 is 0 Å². The van der Waals surface area contributed by atoms with Gasteiger partial charge in [0, 0.05) is 34.2 Å². The van der Waals surface area contributed by atoms with Crippen LogP contribution in [0.3, 0.4) is 0 Å². The van der Waals surface area contributed by atoms with Crippen LogP contribution >= 0.6 is 0 Å². The first-order valence-electron chi connectivity index (χ1n) is 8.07. The van der Waals surface area contributed by atoms with Gasteiger partial charge in [0.2, 0.25) is 5.91 Å². The third kappa shape index (κ3) is 3.89. The number of nitrogens with zero attached hydrogens (tertiary/aromatic N) is 2. The molecule has 0 unspecified atom stereocenters. The highest BCUT2D eigenvalue weighted by atomic mass is 16.2. The van der Waals surface area contributed by atoms with E-state index in [-0.39, 0.29) is 11.3 Å². The first kappa shape index (κ1) is 16.1. The van der Waals surface area contributed by atoms with Gasteiger partial charge >= 0.3 is 0 Å². The lowest BCUT2D eigenvalue weighted by Crippen LogP contribution is -2.49. The molecule has 2 aliphatic carbocycles. The molecule has 2 fully saturated rings. The van der Waals surface area contributed by atoms with Crippen molar-refractivity contribution in [3.63, 3.8) is 0 Å². The number of aliphatic imine (C=N–C) groups is 1. The predicted molar refractivity (Wildman–Crippen MR) is 86.3 cm³/mol.